The summed E-state index contributed by atoms with van der Waals surface area (Å²) >= 11 is 0. The second-order valence-corrected chi connectivity index (χ2v) is 3.64. The Morgan fingerprint density at radius 1 is 1.25 bits per heavy atom. The second kappa shape index (κ2) is 2.78. The largest absolute Gasteiger partial charge is 0.0995 e. The molecule has 1 aliphatic carbocycles. The first-order valence-corrected chi connectivity index (χ1v) is 4.51. The molecule has 2 rings (SSSR count). The quantitative estimate of drug-likeness (QED) is 0.509. The average molecular weight is 158 g/mol. The topological polar surface area (TPSA) is 0 Å². The van der Waals surface area contributed by atoms with Crippen molar-refractivity contribution in [2.24, 2.45) is 0 Å². The maximum Gasteiger partial charge on any atom is -0.00669 e. The smallest absolute Gasteiger partial charge is 0.00669 e. The van der Waals surface area contributed by atoms with Crippen LogP contribution in [0.3, 0.4) is 0 Å². The van der Waals surface area contributed by atoms with Gasteiger partial charge in [-0.1, -0.05) is 30.4 Å². The van der Waals surface area contributed by atoms with Crippen molar-refractivity contribution in [3.63, 3.8) is 0 Å². The highest BCUT2D eigenvalue weighted by atomic mass is 14.2. The van der Waals surface area contributed by atoms with Gasteiger partial charge in [0, 0.05) is 0 Å². The Morgan fingerprint density at radius 2 is 2.08 bits per heavy atom. The highest BCUT2D eigenvalue weighted by Gasteiger charge is 2.12. The number of hydrogen-bond donors (Lipinski definition) is 0. The van der Waals surface area contributed by atoms with E-state index >= 15 is 0 Å². The minimum absolute atomic E-state index is 1.09. The lowest BCUT2D eigenvalue weighted by Gasteiger charge is -2.19. The van der Waals surface area contributed by atoms with Gasteiger partial charge in [-0.15, -0.1) is 0 Å². The monoisotopic (exact) mass is 158 g/mol. The SMILES string of the molecule is C=C1CCc2c(C)cccc2C1. The predicted molar refractivity (Wildman–Crippen MR) is 52.3 cm³/mol. The van der Waals surface area contributed by atoms with Gasteiger partial charge in [-0.2, -0.15) is 0 Å². The summed E-state index contributed by atoms with van der Waals surface area (Å²) in [5, 5.41) is 0. The molecule has 12 heavy (non-hydrogen) atoms. The molecule has 1 aliphatic rings. The Morgan fingerprint density at radius 3 is 2.92 bits per heavy atom. The van der Waals surface area contributed by atoms with Crippen molar-refractivity contribution in [2.75, 3.05) is 0 Å². The third-order valence-electron chi connectivity index (χ3n) is 2.68. The van der Waals surface area contributed by atoms with E-state index in [1.54, 1.807) is 5.56 Å². The molecule has 0 fully saturated rings. The summed E-state index contributed by atoms with van der Waals surface area (Å²) in [7, 11) is 0. The van der Waals surface area contributed by atoms with E-state index < -0.39 is 0 Å². The van der Waals surface area contributed by atoms with Crippen LogP contribution in [-0.4, -0.2) is 0 Å². The van der Waals surface area contributed by atoms with Crippen molar-refractivity contribution in [1.82, 2.24) is 0 Å². The van der Waals surface area contributed by atoms with Crippen molar-refractivity contribution in [2.45, 2.75) is 26.2 Å². The zero-order chi connectivity index (χ0) is 8.55. The fourth-order valence-electron chi connectivity index (χ4n) is 1.95. The minimum atomic E-state index is 1.09. The van der Waals surface area contributed by atoms with Gasteiger partial charge < -0.3 is 0 Å². The molecule has 0 aliphatic heterocycles. The lowest BCUT2D eigenvalue weighted by Crippen LogP contribution is -2.06. The molecule has 62 valence electrons. The number of allylic oxidation sites excluding steroid dienone is 1. The number of rotatable bonds is 0. The second-order valence-electron chi connectivity index (χ2n) is 3.64. The molecule has 1 aromatic carbocycles. The van der Waals surface area contributed by atoms with Crippen molar-refractivity contribution in [3.05, 3.63) is 47.0 Å². The Hall–Kier alpha value is -1.04. The van der Waals surface area contributed by atoms with Crippen LogP contribution < -0.4 is 0 Å². The van der Waals surface area contributed by atoms with Gasteiger partial charge >= 0.3 is 0 Å². The van der Waals surface area contributed by atoms with Gasteiger partial charge in [-0.3, -0.25) is 0 Å². The van der Waals surface area contributed by atoms with E-state index in [2.05, 4.69) is 31.7 Å². The first-order valence-electron chi connectivity index (χ1n) is 4.51. The molecule has 0 saturated heterocycles. The van der Waals surface area contributed by atoms with Crippen LogP contribution in [0.2, 0.25) is 0 Å². The number of benzene rings is 1. The predicted octanol–water partition coefficient (Wildman–Crippen LogP) is 3.04. The van der Waals surface area contributed by atoms with Crippen LogP contribution in [0.5, 0.6) is 0 Å². The normalized spacial score (nSPS) is 15.9. The zero-order valence-electron chi connectivity index (χ0n) is 7.56. The molecular formula is C12H14. The standard InChI is InChI=1S/C12H14/c1-9-6-7-12-10(2)4-3-5-11(12)8-9/h3-5H,1,6-8H2,2H3. The molecule has 1 aromatic rings. The Kier molecular flexibility index (Phi) is 1.76. The van der Waals surface area contributed by atoms with E-state index in [0.29, 0.717) is 0 Å². The summed E-state index contributed by atoms with van der Waals surface area (Å²) in [6.45, 7) is 6.24. The zero-order valence-corrected chi connectivity index (χ0v) is 7.56. The Bertz CT molecular complexity index is 321. The van der Waals surface area contributed by atoms with Crippen LogP contribution in [0.4, 0.5) is 0 Å². The van der Waals surface area contributed by atoms with Gasteiger partial charge in [-0.05, 0) is 42.9 Å². The molecule has 0 atom stereocenters. The molecular weight excluding hydrogens is 144 g/mol. The molecule has 0 heterocycles. The summed E-state index contributed by atoms with van der Waals surface area (Å²) in [4.78, 5) is 0. The van der Waals surface area contributed by atoms with Crippen LogP contribution in [0.15, 0.2) is 30.4 Å². The lowest BCUT2D eigenvalue weighted by molar-refractivity contribution is 0.833. The van der Waals surface area contributed by atoms with E-state index in [1.165, 1.54) is 29.5 Å². The number of hydrogen-bond acceptors (Lipinski definition) is 0. The minimum Gasteiger partial charge on any atom is -0.0995 e. The van der Waals surface area contributed by atoms with E-state index in [0.717, 1.165) is 6.42 Å². The fraction of sp³-hybridized carbons (Fsp3) is 0.333. The molecule has 0 unspecified atom stereocenters. The average Bonchev–Trinajstić information content (AvgIpc) is 2.04. The summed E-state index contributed by atoms with van der Waals surface area (Å²) < 4.78 is 0. The molecule has 0 N–H and O–H groups in total. The van der Waals surface area contributed by atoms with Gasteiger partial charge in [0.05, 0.1) is 0 Å². The van der Waals surface area contributed by atoms with Crippen LogP contribution in [0.1, 0.15) is 23.1 Å². The van der Waals surface area contributed by atoms with Crippen molar-refractivity contribution in [3.8, 4) is 0 Å². The van der Waals surface area contributed by atoms with Crippen LogP contribution in [0.25, 0.3) is 0 Å². The number of aryl methyl sites for hydroxylation is 1. The first kappa shape index (κ1) is 7.60. The Balaban J connectivity index is 2.48. The first-order chi connectivity index (χ1) is 5.77. The summed E-state index contributed by atoms with van der Waals surface area (Å²) in [6, 6.07) is 6.58. The van der Waals surface area contributed by atoms with Crippen molar-refractivity contribution in [1.29, 1.82) is 0 Å². The molecule has 0 nitrogen and oxygen atoms in total. The molecule has 0 spiro atoms. The Labute approximate surface area is 73.9 Å². The molecule has 0 radical (unpaired) electrons. The molecule has 0 aromatic heterocycles. The van der Waals surface area contributed by atoms with Gasteiger partial charge in [-0.25, -0.2) is 0 Å². The van der Waals surface area contributed by atoms with Crippen molar-refractivity contribution >= 4 is 0 Å². The van der Waals surface area contributed by atoms with Gasteiger partial charge in [0.25, 0.3) is 0 Å². The van der Waals surface area contributed by atoms with Crippen LogP contribution in [-0.2, 0) is 12.8 Å². The molecule has 0 saturated carbocycles. The van der Waals surface area contributed by atoms with Gasteiger partial charge in [0.1, 0.15) is 0 Å². The van der Waals surface area contributed by atoms with E-state index in [-0.39, 0.29) is 0 Å². The van der Waals surface area contributed by atoms with Gasteiger partial charge in [0.2, 0.25) is 0 Å². The fourth-order valence-corrected chi connectivity index (χ4v) is 1.95. The number of fused-ring (bicyclic) bond motifs is 1. The lowest BCUT2D eigenvalue weighted by atomic mass is 9.86. The summed E-state index contributed by atoms with van der Waals surface area (Å²) in [5.74, 6) is 0. The van der Waals surface area contributed by atoms with Crippen molar-refractivity contribution < 1.29 is 0 Å². The maximum atomic E-state index is 4.04. The summed E-state index contributed by atoms with van der Waals surface area (Å²) in [5.41, 5.74) is 5.88. The van der Waals surface area contributed by atoms with E-state index in [4.69, 9.17) is 0 Å². The van der Waals surface area contributed by atoms with E-state index in [1.807, 2.05) is 0 Å². The summed E-state index contributed by atoms with van der Waals surface area (Å²) in [6.07, 6.45) is 3.47. The third-order valence-corrected chi connectivity index (χ3v) is 2.68. The highest BCUT2D eigenvalue weighted by molar-refractivity contribution is 5.39. The maximum absolute atomic E-state index is 4.04. The highest BCUT2D eigenvalue weighted by Crippen LogP contribution is 2.25. The van der Waals surface area contributed by atoms with Crippen LogP contribution in [0, 0.1) is 6.92 Å². The third kappa shape index (κ3) is 1.18. The van der Waals surface area contributed by atoms with E-state index in [9.17, 15) is 0 Å². The molecule has 0 amide bonds. The molecule has 0 heteroatoms. The van der Waals surface area contributed by atoms with Gasteiger partial charge in [0.15, 0.2) is 0 Å². The van der Waals surface area contributed by atoms with Crippen LogP contribution >= 0.6 is 0 Å². The molecule has 0 bridgehead atoms.